The molecule has 0 aliphatic carbocycles. The summed E-state index contributed by atoms with van der Waals surface area (Å²) in [7, 11) is 0. The Morgan fingerprint density at radius 1 is 1.18 bits per heavy atom. The normalized spacial score (nSPS) is 31.2. The molecule has 2 unspecified atom stereocenters. The van der Waals surface area contributed by atoms with Crippen LogP contribution in [0.2, 0.25) is 0 Å². The largest absolute Gasteiger partial charge is 0.395 e. The van der Waals surface area contributed by atoms with Gasteiger partial charge in [-0.15, -0.1) is 0 Å². The number of aliphatic hydroxyl groups is 1. The summed E-state index contributed by atoms with van der Waals surface area (Å²) < 4.78 is 0. The Bertz CT molecular complexity index is 267. The van der Waals surface area contributed by atoms with Crippen LogP contribution in [0.4, 0.5) is 0 Å². The molecule has 2 atom stereocenters. The molecule has 1 N–H and O–H groups in total. The lowest BCUT2D eigenvalue weighted by Crippen LogP contribution is -2.43. The molecule has 0 radical (unpaired) electrons. The Hall–Kier alpha value is -0.380. The smallest absolute Gasteiger partial charge is 0.0586 e. The standard InChI is InChI=1S/C14H26N2O/c1-12(2)9-15-7-3-5-13(15)10-16-8-4-6-14(16)11-17/h13-14,17H,1,3-11H2,2H3. The minimum atomic E-state index is 0.327. The Morgan fingerprint density at radius 3 is 2.47 bits per heavy atom. The second-order valence-electron chi connectivity index (χ2n) is 5.70. The molecule has 0 aromatic carbocycles. The molecule has 2 rings (SSSR count). The molecular formula is C14H26N2O. The maximum atomic E-state index is 9.35. The van der Waals surface area contributed by atoms with Crippen LogP contribution in [0, 0.1) is 0 Å². The summed E-state index contributed by atoms with van der Waals surface area (Å²) >= 11 is 0. The summed E-state index contributed by atoms with van der Waals surface area (Å²) in [5.74, 6) is 0. The van der Waals surface area contributed by atoms with E-state index in [-0.39, 0.29) is 0 Å². The molecule has 17 heavy (non-hydrogen) atoms. The quantitative estimate of drug-likeness (QED) is 0.735. The van der Waals surface area contributed by atoms with Gasteiger partial charge in [-0.1, -0.05) is 12.2 Å². The van der Waals surface area contributed by atoms with Crippen molar-refractivity contribution < 1.29 is 5.11 Å². The molecule has 0 aromatic heterocycles. The molecule has 0 amide bonds. The number of rotatable bonds is 5. The van der Waals surface area contributed by atoms with Crippen molar-refractivity contribution in [2.45, 2.75) is 44.7 Å². The number of hydrogen-bond acceptors (Lipinski definition) is 3. The highest BCUT2D eigenvalue weighted by Crippen LogP contribution is 2.23. The van der Waals surface area contributed by atoms with E-state index in [2.05, 4.69) is 23.3 Å². The maximum Gasteiger partial charge on any atom is 0.0586 e. The van der Waals surface area contributed by atoms with Crippen molar-refractivity contribution >= 4 is 0 Å². The van der Waals surface area contributed by atoms with Crippen molar-refractivity contribution in [3.8, 4) is 0 Å². The Morgan fingerprint density at radius 2 is 1.82 bits per heavy atom. The maximum absolute atomic E-state index is 9.35. The Labute approximate surface area is 105 Å². The van der Waals surface area contributed by atoms with E-state index >= 15 is 0 Å². The molecule has 2 aliphatic heterocycles. The van der Waals surface area contributed by atoms with Crippen LogP contribution >= 0.6 is 0 Å². The first-order valence-corrected chi connectivity index (χ1v) is 6.94. The van der Waals surface area contributed by atoms with E-state index in [0.717, 1.165) is 13.1 Å². The SMILES string of the molecule is C=C(C)CN1CCCC1CN1CCCC1CO. The van der Waals surface area contributed by atoms with Crippen molar-refractivity contribution in [2.24, 2.45) is 0 Å². The van der Waals surface area contributed by atoms with Gasteiger partial charge in [-0.2, -0.15) is 0 Å². The monoisotopic (exact) mass is 238 g/mol. The minimum absolute atomic E-state index is 0.327. The van der Waals surface area contributed by atoms with E-state index in [9.17, 15) is 5.11 Å². The zero-order valence-corrected chi connectivity index (χ0v) is 11.1. The zero-order valence-electron chi connectivity index (χ0n) is 11.1. The van der Waals surface area contributed by atoms with Gasteiger partial charge in [0.1, 0.15) is 0 Å². The molecule has 2 heterocycles. The summed E-state index contributed by atoms with van der Waals surface area (Å²) in [5.41, 5.74) is 1.26. The Balaban J connectivity index is 1.86. The first-order chi connectivity index (χ1) is 8.20. The van der Waals surface area contributed by atoms with Crippen molar-refractivity contribution in [3.05, 3.63) is 12.2 Å². The lowest BCUT2D eigenvalue weighted by molar-refractivity contribution is 0.125. The van der Waals surface area contributed by atoms with Gasteiger partial charge < -0.3 is 5.11 Å². The first-order valence-electron chi connectivity index (χ1n) is 6.94. The fourth-order valence-electron chi connectivity index (χ4n) is 3.27. The highest BCUT2D eigenvalue weighted by molar-refractivity contribution is 4.96. The van der Waals surface area contributed by atoms with E-state index < -0.39 is 0 Å². The van der Waals surface area contributed by atoms with Crippen LogP contribution in [0.15, 0.2) is 12.2 Å². The van der Waals surface area contributed by atoms with Crippen LogP contribution in [0.3, 0.4) is 0 Å². The predicted molar refractivity (Wildman–Crippen MR) is 71.1 cm³/mol. The number of aliphatic hydroxyl groups excluding tert-OH is 1. The van der Waals surface area contributed by atoms with Crippen molar-refractivity contribution in [1.82, 2.24) is 9.80 Å². The van der Waals surface area contributed by atoms with Gasteiger partial charge in [0.15, 0.2) is 0 Å². The lowest BCUT2D eigenvalue weighted by atomic mass is 10.1. The summed E-state index contributed by atoms with van der Waals surface area (Å²) in [4.78, 5) is 5.05. The molecule has 0 aromatic rings. The highest BCUT2D eigenvalue weighted by Gasteiger charge is 2.30. The summed E-state index contributed by atoms with van der Waals surface area (Å²) in [5, 5.41) is 9.35. The zero-order chi connectivity index (χ0) is 12.3. The molecule has 2 fully saturated rings. The molecule has 2 saturated heterocycles. The average Bonchev–Trinajstić information content (AvgIpc) is 2.88. The predicted octanol–water partition coefficient (Wildman–Crippen LogP) is 1.48. The average molecular weight is 238 g/mol. The topological polar surface area (TPSA) is 26.7 Å². The summed E-state index contributed by atoms with van der Waals surface area (Å²) in [6, 6.07) is 1.10. The Kier molecular flexibility index (Phi) is 4.60. The van der Waals surface area contributed by atoms with Crippen LogP contribution < -0.4 is 0 Å². The fraction of sp³-hybridized carbons (Fsp3) is 0.857. The third-order valence-electron chi connectivity index (χ3n) is 4.13. The lowest BCUT2D eigenvalue weighted by Gasteiger charge is -2.31. The molecule has 0 saturated carbocycles. The van der Waals surface area contributed by atoms with E-state index in [1.807, 2.05) is 0 Å². The third-order valence-corrected chi connectivity index (χ3v) is 4.13. The van der Waals surface area contributed by atoms with E-state index in [1.54, 1.807) is 0 Å². The van der Waals surface area contributed by atoms with Gasteiger partial charge in [0.25, 0.3) is 0 Å². The number of nitrogens with zero attached hydrogens (tertiary/aromatic N) is 2. The molecular weight excluding hydrogens is 212 g/mol. The molecule has 98 valence electrons. The van der Waals surface area contributed by atoms with Gasteiger partial charge >= 0.3 is 0 Å². The van der Waals surface area contributed by atoms with Crippen LogP contribution in [0.1, 0.15) is 32.6 Å². The molecule has 0 spiro atoms. The van der Waals surface area contributed by atoms with Gasteiger partial charge in [0.05, 0.1) is 6.61 Å². The first kappa shape index (κ1) is 13.1. The van der Waals surface area contributed by atoms with Gasteiger partial charge in [-0.05, 0) is 45.7 Å². The van der Waals surface area contributed by atoms with E-state index in [0.29, 0.717) is 18.7 Å². The molecule has 0 bridgehead atoms. The highest BCUT2D eigenvalue weighted by atomic mass is 16.3. The van der Waals surface area contributed by atoms with E-state index in [4.69, 9.17) is 0 Å². The number of hydrogen-bond donors (Lipinski definition) is 1. The second-order valence-corrected chi connectivity index (χ2v) is 5.70. The van der Waals surface area contributed by atoms with Crippen molar-refractivity contribution in [3.63, 3.8) is 0 Å². The number of likely N-dealkylation sites (tertiary alicyclic amines) is 2. The minimum Gasteiger partial charge on any atom is -0.395 e. The van der Waals surface area contributed by atoms with Crippen LogP contribution in [-0.4, -0.2) is 59.8 Å². The van der Waals surface area contributed by atoms with Crippen molar-refractivity contribution in [1.29, 1.82) is 0 Å². The molecule has 2 aliphatic rings. The van der Waals surface area contributed by atoms with Crippen LogP contribution in [0.25, 0.3) is 0 Å². The van der Waals surface area contributed by atoms with Crippen molar-refractivity contribution in [2.75, 3.05) is 32.8 Å². The molecule has 3 heteroatoms. The fourth-order valence-corrected chi connectivity index (χ4v) is 3.27. The second kappa shape index (κ2) is 5.98. The third kappa shape index (κ3) is 3.30. The van der Waals surface area contributed by atoms with Gasteiger partial charge in [0, 0.05) is 25.2 Å². The van der Waals surface area contributed by atoms with E-state index in [1.165, 1.54) is 44.3 Å². The van der Waals surface area contributed by atoms with Gasteiger partial charge in [-0.25, -0.2) is 0 Å². The van der Waals surface area contributed by atoms with Gasteiger partial charge in [-0.3, -0.25) is 9.80 Å². The summed E-state index contributed by atoms with van der Waals surface area (Å²) in [6.45, 7) is 11.0. The summed E-state index contributed by atoms with van der Waals surface area (Å²) in [6.07, 6.45) is 5.04. The van der Waals surface area contributed by atoms with Crippen LogP contribution in [0.5, 0.6) is 0 Å². The van der Waals surface area contributed by atoms with Crippen LogP contribution in [-0.2, 0) is 0 Å². The van der Waals surface area contributed by atoms with Gasteiger partial charge in [0.2, 0.25) is 0 Å². The molecule has 3 nitrogen and oxygen atoms in total.